The smallest absolute Gasteiger partial charge is 0.230 e. The van der Waals surface area contributed by atoms with Crippen molar-refractivity contribution < 1.29 is 4.79 Å². The molecule has 0 bridgehead atoms. The first-order valence-electron chi connectivity index (χ1n) is 6.79. The molecule has 2 nitrogen and oxygen atoms in total. The van der Waals surface area contributed by atoms with Crippen molar-refractivity contribution in [3.8, 4) is 0 Å². The van der Waals surface area contributed by atoms with E-state index in [4.69, 9.17) is 0 Å². The third-order valence-electron chi connectivity index (χ3n) is 3.14. The molecule has 0 saturated heterocycles. The number of amides is 1. The first kappa shape index (κ1) is 16.1. The van der Waals surface area contributed by atoms with Crippen molar-refractivity contribution in [3.05, 3.63) is 64.1 Å². The van der Waals surface area contributed by atoms with Gasteiger partial charge >= 0.3 is 0 Å². The summed E-state index contributed by atoms with van der Waals surface area (Å²) < 4.78 is 1.02. The SMILES string of the molecule is Cc1ccc(SCC(=O)NC(C)c2ccccc2Br)cc1. The number of aryl methyl sites for hydroxylation is 1. The van der Waals surface area contributed by atoms with Gasteiger partial charge < -0.3 is 5.32 Å². The van der Waals surface area contributed by atoms with E-state index in [1.165, 1.54) is 5.56 Å². The quantitative estimate of drug-likeness (QED) is 0.778. The second-order valence-corrected chi connectivity index (χ2v) is 6.82. The van der Waals surface area contributed by atoms with Gasteiger partial charge in [0.2, 0.25) is 5.91 Å². The van der Waals surface area contributed by atoms with Crippen LogP contribution in [0.2, 0.25) is 0 Å². The largest absolute Gasteiger partial charge is 0.349 e. The first-order chi connectivity index (χ1) is 10.1. The van der Waals surface area contributed by atoms with E-state index in [2.05, 4.69) is 40.3 Å². The number of carbonyl (C=O) groups is 1. The molecule has 4 heteroatoms. The van der Waals surface area contributed by atoms with Gasteiger partial charge in [-0.1, -0.05) is 51.8 Å². The summed E-state index contributed by atoms with van der Waals surface area (Å²) in [4.78, 5) is 13.1. The van der Waals surface area contributed by atoms with E-state index < -0.39 is 0 Å². The van der Waals surface area contributed by atoms with Gasteiger partial charge in [-0.3, -0.25) is 4.79 Å². The molecular weight excluding hydrogens is 346 g/mol. The van der Waals surface area contributed by atoms with Crippen LogP contribution < -0.4 is 5.32 Å². The van der Waals surface area contributed by atoms with Crippen LogP contribution in [0.25, 0.3) is 0 Å². The molecule has 0 aliphatic rings. The van der Waals surface area contributed by atoms with Crippen LogP contribution in [0, 0.1) is 6.92 Å². The Bertz CT molecular complexity index is 612. The number of rotatable bonds is 5. The van der Waals surface area contributed by atoms with Crippen molar-refractivity contribution in [2.75, 3.05) is 5.75 Å². The van der Waals surface area contributed by atoms with Crippen molar-refractivity contribution in [1.29, 1.82) is 0 Å². The first-order valence-corrected chi connectivity index (χ1v) is 8.57. The summed E-state index contributed by atoms with van der Waals surface area (Å²) in [5.41, 5.74) is 2.32. The summed E-state index contributed by atoms with van der Waals surface area (Å²) in [6.07, 6.45) is 0. The van der Waals surface area contributed by atoms with Gasteiger partial charge in [0.15, 0.2) is 0 Å². The number of hydrogen-bond acceptors (Lipinski definition) is 2. The van der Waals surface area contributed by atoms with E-state index in [-0.39, 0.29) is 11.9 Å². The maximum Gasteiger partial charge on any atom is 0.230 e. The predicted molar refractivity (Wildman–Crippen MR) is 92.6 cm³/mol. The lowest BCUT2D eigenvalue weighted by Crippen LogP contribution is -2.28. The highest BCUT2D eigenvalue weighted by molar-refractivity contribution is 9.10. The monoisotopic (exact) mass is 363 g/mol. The fourth-order valence-electron chi connectivity index (χ4n) is 1.97. The zero-order chi connectivity index (χ0) is 15.2. The Balaban J connectivity index is 1.87. The zero-order valence-electron chi connectivity index (χ0n) is 12.1. The van der Waals surface area contributed by atoms with Gasteiger partial charge in [-0.25, -0.2) is 0 Å². The lowest BCUT2D eigenvalue weighted by molar-refractivity contribution is -0.119. The van der Waals surface area contributed by atoms with Crippen molar-refractivity contribution in [2.45, 2.75) is 24.8 Å². The maximum absolute atomic E-state index is 12.0. The van der Waals surface area contributed by atoms with Crippen LogP contribution in [-0.2, 0) is 4.79 Å². The highest BCUT2D eigenvalue weighted by Crippen LogP contribution is 2.23. The van der Waals surface area contributed by atoms with E-state index >= 15 is 0 Å². The van der Waals surface area contributed by atoms with E-state index in [0.717, 1.165) is 14.9 Å². The van der Waals surface area contributed by atoms with Crippen LogP contribution in [0.5, 0.6) is 0 Å². The van der Waals surface area contributed by atoms with Gasteiger partial charge in [0.1, 0.15) is 0 Å². The molecule has 0 radical (unpaired) electrons. The van der Waals surface area contributed by atoms with Crippen LogP contribution in [0.3, 0.4) is 0 Å². The van der Waals surface area contributed by atoms with Gasteiger partial charge in [0.25, 0.3) is 0 Å². The van der Waals surface area contributed by atoms with Crippen LogP contribution in [0.4, 0.5) is 0 Å². The summed E-state index contributed by atoms with van der Waals surface area (Å²) in [6.45, 7) is 4.05. The lowest BCUT2D eigenvalue weighted by Gasteiger charge is -2.15. The van der Waals surface area contributed by atoms with Crippen LogP contribution in [0.1, 0.15) is 24.1 Å². The van der Waals surface area contributed by atoms with Gasteiger partial charge in [0, 0.05) is 9.37 Å². The average molecular weight is 364 g/mol. The Morgan fingerprint density at radius 1 is 1.19 bits per heavy atom. The van der Waals surface area contributed by atoms with Gasteiger partial charge in [-0.2, -0.15) is 0 Å². The molecular formula is C17H18BrNOS. The highest BCUT2D eigenvalue weighted by atomic mass is 79.9. The van der Waals surface area contributed by atoms with E-state index in [1.54, 1.807) is 11.8 Å². The Hall–Kier alpha value is -1.26. The fraction of sp³-hybridized carbons (Fsp3) is 0.235. The third-order valence-corrected chi connectivity index (χ3v) is 4.87. The number of nitrogens with one attached hydrogen (secondary N) is 1. The summed E-state index contributed by atoms with van der Waals surface area (Å²) >= 11 is 5.07. The normalized spacial score (nSPS) is 12.0. The van der Waals surface area contributed by atoms with E-state index in [1.807, 2.05) is 43.3 Å². The molecule has 0 aromatic heterocycles. The fourth-order valence-corrected chi connectivity index (χ4v) is 3.31. The van der Waals surface area contributed by atoms with E-state index in [0.29, 0.717) is 5.75 Å². The molecule has 0 fully saturated rings. The Morgan fingerprint density at radius 3 is 2.52 bits per heavy atom. The maximum atomic E-state index is 12.0. The molecule has 1 amide bonds. The highest BCUT2D eigenvalue weighted by Gasteiger charge is 2.12. The molecule has 0 saturated carbocycles. The topological polar surface area (TPSA) is 29.1 Å². The van der Waals surface area contributed by atoms with Crippen molar-refractivity contribution >= 4 is 33.6 Å². The minimum absolute atomic E-state index is 0.00769. The molecule has 2 aromatic rings. The van der Waals surface area contributed by atoms with Crippen molar-refractivity contribution in [3.63, 3.8) is 0 Å². The summed E-state index contributed by atoms with van der Waals surface area (Å²) in [5.74, 6) is 0.474. The zero-order valence-corrected chi connectivity index (χ0v) is 14.5. The number of benzene rings is 2. The van der Waals surface area contributed by atoms with Gasteiger partial charge in [-0.15, -0.1) is 11.8 Å². The number of thioether (sulfide) groups is 1. The van der Waals surface area contributed by atoms with Crippen molar-refractivity contribution in [2.24, 2.45) is 0 Å². The summed E-state index contributed by atoms with van der Waals surface area (Å²) in [5, 5.41) is 3.03. The Kier molecular flexibility index (Phi) is 5.88. The molecule has 0 aliphatic heterocycles. The average Bonchev–Trinajstić information content (AvgIpc) is 2.47. The molecule has 110 valence electrons. The van der Waals surface area contributed by atoms with Crippen LogP contribution in [0.15, 0.2) is 57.9 Å². The number of halogens is 1. The lowest BCUT2D eigenvalue weighted by atomic mass is 10.1. The minimum Gasteiger partial charge on any atom is -0.349 e. The Morgan fingerprint density at radius 2 is 1.86 bits per heavy atom. The second-order valence-electron chi connectivity index (χ2n) is 4.91. The van der Waals surface area contributed by atoms with Gasteiger partial charge in [0.05, 0.1) is 11.8 Å². The van der Waals surface area contributed by atoms with Crippen LogP contribution >= 0.6 is 27.7 Å². The summed E-state index contributed by atoms with van der Waals surface area (Å²) in [7, 11) is 0. The second kappa shape index (κ2) is 7.66. The molecule has 0 aliphatic carbocycles. The molecule has 2 rings (SSSR count). The van der Waals surface area contributed by atoms with Crippen LogP contribution in [-0.4, -0.2) is 11.7 Å². The third kappa shape index (κ3) is 4.90. The van der Waals surface area contributed by atoms with Gasteiger partial charge in [-0.05, 0) is 37.6 Å². The van der Waals surface area contributed by atoms with Crippen molar-refractivity contribution in [1.82, 2.24) is 5.32 Å². The summed E-state index contributed by atoms with van der Waals surface area (Å²) in [6, 6.07) is 16.1. The molecule has 1 N–H and O–H groups in total. The molecule has 21 heavy (non-hydrogen) atoms. The molecule has 0 spiro atoms. The standard InChI is InChI=1S/C17H18BrNOS/c1-12-7-9-14(10-8-12)21-11-17(20)19-13(2)15-5-3-4-6-16(15)18/h3-10,13H,11H2,1-2H3,(H,19,20). The number of hydrogen-bond donors (Lipinski definition) is 1. The molecule has 1 unspecified atom stereocenters. The Labute approximate surface area is 138 Å². The predicted octanol–water partition coefficient (Wildman–Crippen LogP) is 4.73. The molecule has 2 aromatic carbocycles. The molecule has 0 heterocycles. The minimum atomic E-state index is -0.00769. The number of carbonyl (C=O) groups excluding carboxylic acids is 1. The van der Waals surface area contributed by atoms with E-state index in [9.17, 15) is 4.79 Å². The molecule has 1 atom stereocenters.